The molecule has 3 rings (SSSR count). The van der Waals surface area contributed by atoms with Crippen LogP contribution in [0.15, 0.2) is 48.5 Å². The van der Waals surface area contributed by atoms with Crippen molar-refractivity contribution in [2.24, 2.45) is 0 Å². The number of carbonyl (C=O) groups excluding carboxylic acids is 2. The number of hydrogen-bond acceptors (Lipinski definition) is 4. The van der Waals surface area contributed by atoms with E-state index in [1.165, 1.54) is 0 Å². The van der Waals surface area contributed by atoms with Crippen LogP contribution < -0.4 is 15.0 Å². The molecule has 1 N–H and O–H groups in total. The Morgan fingerprint density at radius 3 is 2.32 bits per heavy atom. The summed E-state index contributed by atoms with van der Waals surface area (Å²) >= 11 is 11.9. The van der Waals surface area contributed by atoms with Crippen LogP contribution in [0.4, 0.5) is 5.69 Å². The van der Waals surface area contributed by atoms with Crippen molar-refractivity contribution in [1.82, 2.24) is 10.2 Å². The monoisotopic (exact) mass is 421 g/mol. The molecular formula is C20H21Cl2N3O3. The van der Waals surface area contributed by atoms with Gasteiger partial charge in [0.2, 0.25) is 5.91 Å². The van der Waals surface area contributed by atoms with Crippen molar-refractivity contribution in [3.8, 4) is 5.75 Å². The predicted octanol–water partition coefficient (Wildman–Crippen LogP) is 2.84. The molecule has 1 fully saturated rings. The van der Waals surface area contributed by atoms with Crippen molar-refractivity contribution in [3.63, 3.8) is 0 Å². The first-order valence-corrected chi connectivity index (χ1v) is 9.71. The first-order chi connectivity index (χ1) is 13.5. The van der Waals surface area contributed by atoms with Crippen molar-refractivity contribution in [3.05, 3.63) is 58.6 Å². The molecule has 0 radical (unpaired) electrons. The Kier molecular flexibility index (Phi) is 7.01. The van der Waals surface area contributed by atoms with E-state index in [0.29, 0.717) is 28.9 Å². The lowest BCUT2D eigenvalue weighted by Gasteiger charge is -2.36. The molecule has 0 bridgehead atoms. The van der Waals surface area contributed by atoms with Crippen LogP contribution in [-0.4, -0.2) is 56.0 Å². The molecule has 8 heteroatoms. The van der Waals surface area contributed by atoms with E-state index in [-0.39, 0.29) is 25.0 Å². The molecule has 6 nitrogen and oxygen atoms in total. The molecule has 0 aromatic heterocycles. The van der Waals surface area contributed by atoms with E-state index < -0.39 is 0 Å². The summed E-state index contributed by atoms with van der Waals surface area (Å²) in [5.74, 6) is -0.0427. The molecule has 0 unspecified atom stereocenters. The number of para-hydroxylation sites is 1. The van der Waals surface area contributed by atoms with E-state index in [0.717, 1.165) is 18.8 Å². The number of amides is 2. The number of carbonyl (C=O) groups is 2. The SMILES string of the molecule is O=C(COc1ccccc1Cl)NCC(=O)N1CCN(c2ccc(Cl)cc2)CC1. The van der Waals surface area contributed by atoms with Crippen LogP contribution >= 0.6 is 23.2 Å². The van der Waals surface area contributed by atoms with Gasteiger partial charge in [0.25, 0.3) is 5.91 Å². The second kappa shape index (κ2) is 9.66. The maximum Gasteiger partial charge on any atom is 0.258 e. The van der Waals surface area contributed by atoms with Crippen LogP contribution in [0.2, 0.25) is 10.0 Å². The summed E-state index contributed by atoms with van der Waals surface area (Å²) in [4.78, 5) is 28.2. The second-order valence-electron chi connectivity index (χ2n) is 6.34. The van der Waals surface area contributed by atoms with Gasteiger partial charge in [0.1, 0.15) is 5.75 Å². The van der Waals surface area contributed by atoms with Crippen LogP contribution in [0, 0.1) is 0 Å². The van der Waals surface area contributed by atoms with E-state index in [1.54, 1.807) is 29.2 Å². The topological polar surface area (TPSA) is 61.9 Å². The molecule has 0 saturated carbocycles. The number of piperazine rings is 1. The fourth-order valence-electron chi connectivity index (χ4n) is 2.91. The fraction of sp³-hybridized carbons (Fsp3) is 0.300. The van der Waals surface area contributed by atoms with Gasteiger partial charge in [-0.1, -0.05) is 35.3 Å². The molecule has 1 heterocycles. The number of halogens is 2. The highest BCUT2D eigenvalue weighted by atomic mass is 35.5. The van der Waals surface area contributed by atoms with Gasteiger partial charge in [-0.05, 0) is 36.4 Å². The van der Waals surface area contributed by atoms with Crippen molar-refractivity contribution in [2.75, 3.05) is 44.2 Å². The summed E-state index contributed by atoms with van der Waals surface area (Å²) in [5.41, 5.74) is 1.08. The molecule has 2 aromatic rings. The number of hydrogen-bond donors (Lipinski definition) is 1. The number of nitrogens with one attached hydrogen (secondary N) is 1. The summed E-state index contributed by atoms with van der Waals surface area (Å²) in [6, 6.07) is 14.6. The standard InChI is InChI=1S/C20H21Cl2N3O3/c21-15-5-7-16(8-6-15)24-9-11-25(12-10-24)20(27)13-23-19(26)14-28-18-4-2-1-3-17(18)22/h1-8H,9-14H2,(H,23,26). The maximum atomic E-state index is 12.3. The molecule has 1 aliphatic rings. The summed E-state index contributed by atoms with van der Waals surface area (Å²) in [5, 5.41) is 3.73. The van der Waals surface area contributed by atoms with Crippen LogP contribution in [0.1, 0.15) is 0 Å². The summed E-state index contributed by atoms with van der Waals surface area (Å²) in [6.45, 7) is 2.43. The molecular weight excluding hydrogens is 401 g/mol. The number of anilines is 1. The lowest BCUT2D eigenvalue weighted by atomic mass is 10.2. The van der Waals surface area contributed by atoms with Crippen molar-refractivity contribution < 1.29 is 14.3 Å². The van der Waals surface area contributed by atoms with E-state index >= 15 is 0 Å². The highest BCUT2D eigenvalue weighted by Crippen LogP contribution is 2.23. The molecule has 2 aromatic carbocycles. The number of ether oxygens (including phenoxy) is 1. The Morgan fingerprint density at radius 2 is 1.64 bits per heavy atom. The van der Waals surface area contributed by atoms with E-state index in [9.17, 15) is 9.59 Å². The zero-order chi connectivity index (χ0) is 19.9. The molecule has 0 atom stereocenters. The molecule has 0 spiro atoms. The Hall–Kier alpha value is -2.44. The fourth-order valence-corrected chi connectivity index (χ4v) is 3.22. The summed E-state index contributed by atoms with van der Waals surface area (Å²) < 4.78 is 5.36. The van der Waals surface area contributed by atoms with Crippen molar-refractivity contribution in [1.29, 1.82) is 0 Å². The average Bonchev–Trinajstić information content (AvgIpc) is 2.72. The Labute approximate surface area is 174 Å². The smallest absolute Gasteiger partial charge is 0.258 e. The minimum Gasteiger partial charge on any atom is -0.482 e. The van der Waals surface area contributed by atoms with Crippen LogP contribution in [0.3, 0.4) is 0 Å². The minimum atomic E-state index is -0.368. The van der Waals surface area contributed by atoms with Gasteiger partial charge in [-0.2, -0.15) is 0 Å². The highest BCUT2D eigenvalue weighted by Gasteiger charge is 2.21. The summed E-state index contributed by atoms with van der Waals surface area (Å²) in [6.07, 6.45) is 0. The number of rotatable bonds is 6. The van der Waals surface area contributed by atoms with Crippen LogP contribution in [0.25, 0.3) is 0 Å². The van der Waals surface area contributed by atoms with Gasteiger partial charge in [0.15, 0.2) is 6.61 Å². The van der Waals surface area contributed by atoms with E-state index in [1.807, 2.05) is 24.3 Å². The Morgan fingerprint density at radius 1 is 0.964 bits per heavy atom. The van der Waals surface area contributed by atoms with Gasteiger partial charge in [0.05, 0.1) is 11.6 Å². The van der Waals surface area contributed by atoms with Gasteiger partial charge in [-0.25, -0.2) is 0 Å². The molecule has 148 valence electrons. The van der Waals surface area contributed by atoms with Gasteiger partial charge >= 0.3 is 0 Å². The third-order valence-corrected chi connectivity index (χ3v) is 5.02. The highest BCUT2D eigenvalue weighted by molar-refractivity contribution is 6.32. The van der Waals surface area contributed by atoms with Gasteiger partial charge in [-0.15, -0.1) is 0 Å². The van der Waals surface area contributed by atoms with Crippen LogP contribution in [0.5, 0.6) is 5.75 Å². The van der Waals surface area contributed by atoms with Crippen LogP contribution in [-0.2, 0) is 9.59 Å². The third kappa shape index (κ3) is 5.53. The number of benzene rings is 2. The van der Waals surface area contributed by atoms with Crippen molar-refractivity contribution >= 4 is 40.7 Å². The average molecular weight is 422 g/mol. The first-order valence-electron chi connectivity index (χ1n) is 8.95. The largest absolute Gasteiger partial charge is 0.482 e. The zero-order valence-electron chi connectivity index (χ0n) is 15.2. The third-order valence-electron chi connectivity index (χ3n) is 4.46. The normalized spacial score (nSPS) is 13.9. The van der Waals surface area contributed by atoms with Gasteiger partial charge in [0, 0.05) is 36.9 Å². The van der Waals surface area contributed by atoms with Crippen molar-refractivity contribution in [2.45, 2.75) is 0 Å². The molecule has 28 heavy (non-hydrogen) atoms. The predicted molar refractivity (Wildman–Crippen MR) is 110 cm³/mol. The summed E-state index contributed by atoms with van der Waals surface area (Å²) in [7, 11) is 0. The lowest BCUT2D eigenvalue weighted by molar-refractivity contribution is -0.133. The molecule has 2 amide bonds. The molecule has 1 aliphatic heterocycles. The Balaban J connectivity index is 1.39. The lowest BCUT2D eigenvalue weighted by Crippen LogP contribution is -2.51. The molecule has 0 aliphatic carbocycles. The minimum absolute atomic E-state index is 0.0499. The number of nitrogens with zero attached hydrogens (tertiary/aromatic N) is 2. The van der Waals surface area contributed by atoms with E-state index in [4.69, 9.17) is 27.9 Å². The van der Waals surface area contributed by atoms with E-state index in [2.05, 4.69) is 10.2 Å². The Bertz CT molecular complexity index is 822. The first kappa shape index (κ1) is 20.3. The maximum absolute atomic E-state index is 12.3. The second-order valence-corrected chi connectivity index (χ2v) is 7.18. The quantitative estimate of drug-likeness (QED) is 0.778. The molecule has 1 saturated heterocycles. The van der Waals surface area contributed by atoms with Gasteiger partial charge < -0.3 is 19.9 Å². The zero-order valence-corrected chi connectivity index (χ0v) is 16.7. The van der Waals surface area contributed by atoms with Gasteiger partial charge in [-0.3, -0.25) is 9.59 Å².